The Labute approximate surface area is 99.9 Å². The molecule has 17 heavy (non-hydrogen) atoms. The van der Waals surface area contributed by atoms with Crippen molar-refractivity contribution in [3.05, 3.63) is 49.1 Å². The van der Waals surface area contributed by atoms with Crippen LogP contribution >= 0.6 is 0 Å². The number of benzene rings is 1. The molecule has 86 valence electrons. The zero-order valence-electron chi connectivity index (χ0n) is 9.63. The topological polar surface area (TPSA) is 39.4 Å². The number of hydrogen-bond donors (Lipinski definition) is 0. The number of aliphatic imine (C=N–C) groups is 1. The summed E-state index contributed by atoms with van der Waals surface area (Å²) in [5.74, 6) is 0.758. The molecule has 0 spiro atoms. The Kier molecular flexibility index (Phi) is 3.05. The molecule has 0 saturated heterocycles. The zero-order chi connectivity index (χ0) is 12.3. The van der Waals surface area contributed by atoms with E-state index in [1.807, 2.05) is 29.0 Å². The Hall–Kier alpha value is -2.36. The van der Waals surface area contributed by atoms with Gasteiger partial charge < -0.3 is 9.30 Å². The van der Waals surface area contributed by atoms with Crippen LogP contribution in [0.5, 0.6) is 5.75 Å². The molecule has 0 aliphatic carbocycles. The summed E-state index contributed by atoms with van der Waals surface area (Å²) in [6, 6.07) is 5.57. The number of aromatic nitrogens is 2. The highest BCUT2D eigenvalue weighted by atomic mass is 16.5. The maximum Gasteiger partial charge on any atom is 0.119 e. The summed E-state index contributed by atoms with van der Waals surface area (Å²) in [5.41, 5.74) is 2.42. The van der Waals surface area contributed by atoms with Crippen molar-refractivity contribution in [1.82, 2.24) is 9.55 Å². The van der Waals surface area contributed by atoms with Gasteiger partial charge in [-0.15, -0.1) is 0 Å². The standard InChI is InChI=1S/C13H13N3O/c1-10(16-7-6-15-9-16)12-8-11(17-3)4-5-13(12)14-2/h4-9H,1-2H2,3H3. The summed E-state index contributed by atoms with van der Waals surface area (Å²) in [5, 5.41) is 0. The summed E-state index contributed by atoms with van der Waals surface area (Å²) in [7, 11) is 1.63. The van der Waals surface area contributed by atoms with Gasteiger partial charge in [0.25, 0.3) is 0 Å². The SMILES string of the molecule is C=Nc1ccc(OC)cc1C(=C)n1ccnc1. The van der Waals surface area contributed by atoms with Crippen LogP contribution in [0.4, 0.5) is 5.69 Å². The van der Waals surface area contributed by atoms with Crippen molar-refractivity contribution in [2.24, 2.45) is 4.99 Å². The molecule has 2 rings (SSSR count). The van der Waals surface area contributed by atoms with E-state index in [1.54, 1.807) is 19.6 Å². The Balaban J connectivity index is 2.49. The van der Waals surface area contributed by atoms with Gasteiger partial charge in [0, 0.05) is 23.7 Å². The molecule has 0 atom stereocenters. The number of imidazole rings is 1. The van der Waals surface area contributed by atoms with Crippen molar-refractivity contribution in [3.8, 4) is 5.75 Å². The highest BCUT2D eigenvalue weighted by Gasteiger charge is 2.08. The number of hydrogen-bond acceptors (Lipinski definition) is 3. The first-order valence-corrected chi connectivity index (χ1v) is 5.08. The normalized spacial score (nSPS) is 9.94. The Morgan fingerprint density at radius 1 is 1.47 bits per heavy atom. The van der Waals surface area contributed by atoms with Crippen LogP contribution in [0.1, 0.15) is 5.56 Å². The van der Waals surface area contributed by atoms with Gasteiger partial charge in [0.2, 0.25) is 0 Å². The summed E-state index contributed by atoms with van der Waals surface area (Å²) in [4.78, 5) is 7.97. The molecule has 1 aromatic heterocycles. The molecule has 2 aromatic rings. The van der Waals surface area contributed by atoms with Gasteiger partial charge >= 0.3 is 0 Å². The Morgan fingerprint density at radius 2 is 2.29 bits per heavy atom. The van der Waals surface area contributed by atoms with E-state index in [4.69, 9.17) is 4.74 Å². The van der Waals surface area contributed by atoms with Crippen molar-refractivity contribution in [2.45, 2.75) is 0 Å². The molecule has 0 saturated carbocycles. The van der Waals surface area contributed by atoms with Gasteiger partial charge in [-0.2, -0.15) is 0 Å². The average molecular weight is 227 g/mol. The summed E-state index contributed by atoms with van der Waals surface area (Å²) in [6.45, 7) is 7.59. The third kappa shape index (κ3) is 2.10. The highest BCUT2D eigenvalue weighted by Crippen LogP contribution is 2.29. The minimum atomic E-state index is 0.758. The van der Waals surface area contributed by atoms with Crippen molar-refractivity contribution in [2.75, 3.05) is 7.11 Å². The van der Waals surface area contributed by atoms with Crippen LogP contribution < -0.4 is 4.74 Å². The second-order valence-corrected chi connectivity index (χ2v) is 3.46. The largest absolute Gasteiger partial charge is 0.497 e. The summed E-state index contributed by atoms with van der Waals surface area (Å²) in [6.07, 6.45) is 5.22. The molecule has 4 nitrogen and oxygen atoms in total. The van der Waals surface area contributed by atoms with Crippen molar-refractivity contribution in [1.29, 1.82) is 0 Å². The van der Waals surface area contributed by atoms with E-state index in [0.29, 0.717) is 0 Å². The lowest BCUT2D eigenvalue weighted by Gasteiger charge is -2.11. The van der Waals surface area contributed by atoms with E-state index in [1.165, 1.54) is 0 Å². The maximum atomic E-state index is 5.19. The van der Waals surface area contributed by atoms with Crippen LogP contribution in [0, 0.1) is 0 Å². The molecule has 0 aliphatic rings. The number of rotatable bonds is 4. The molecule has 0 N–H and O–H groups in total. The maximum absolute atomic E-state index is 5.19. The molecule has 0 fully saturated rings. The molecule has 0 radical (unpaired) electrons. The lowest BCUT2D eigenvalue weighted by molar-refractivity contribution is 0.414. The molecular formula is C13H13N3O. The molecule has 0 amide bonds. The number of methoxy groups -OCH3 is 1. The first-order valence-electron chi connectivity index (χ1n) is 5.08. The molecular weight excluding hydrogens is 214 g/mol. The van der Waals surface area contributed by atoms with E-state index in [-0.39, 0.29) is 0 Å². The van der Waals surface area contributed by atoms with E-state index in [2.05, 4.69) is 23.3 Å². The molecule has 4 heteroatoms. The van der Waals surface area contributed by atoms with E-state index in [9.17, 15) is 0 Å². The van der Waals surface area contributed by atoms with Gasteiger partial charge in [0.15, 0.2) is 0 Å². The predicted octanol–water partition coefficient (Wildman–Crippen LogP) is 2.74. The fourth-order valence-corrected chi connectivity index (χ4v) is 1.57. The fourth-order valence-electron chi connectivity index (χ4n) is 1.57. The molecule has 0 bridgehead atoms. The quantitative estimate of drug-likeness (QED) is 0.753. The molecule has 1 aromatic carbocycles. The minimum absolute atomic E-state index is 0.758. The summed E-state index contributed by atoms with van der Waals surface area (Å²) < 4.78 is 7.02. The van der Waals surface area contributed by atoms with Crippen LogP contribution in [0.3, 0.4) is 0 Å². The second-order valence-electron chi connectivity index (χ2n) is 3.46. The lowest BCUT2D eigenvalue weighted by Crippen LogP contribution is -1.95. The second kappa shape index (κ2) is 4.65. The van der Waals surface area contributed by atoms with Gasteiger partial charge in [0.05, 0.1) is 19.1 Å². The van der Waals surface area contributed by atoms with Gasteiger partial charge in [-0.3, -0.25) is 4.99 Å². The molecule has 0 aliphatic heterocycles. The monoisotopic (exact) mass is 227 g/mol. The minimum Gasteiger partial charge on any atom is -0.497 e. The van der Waals surface area contributed by atoms with Crippen LogP contribution in [0.25, 0.3) is 5.70 Å². The van der Waals surface area contributed by atoms with Gasteiger partial charge in [-0.25, -0.2) is 4.98 Å². The van der Waals surface area contributed by atoms with Crippen LogP contribution in [-0.4, -0.2) is 23.4 Å². The fraction of sp³-hybridized carbons (Fsp3) is 0.0769. The summed E-state index contributed by atoms with van der Waals surface area (Å²) >= 11 is 0. The van der Waals surface area contributed by atoms with Crippen LogP contribution in [0.2, 0.25) is 0 Å². The van der Waals surface area contributed by atoms with Gasteiger partial charge in [-0.1, -0.05) is 6.58 Å². The van der Waals surface area contributed by atoms with Gasteiger partial charge in [-0.05, 0) is 24.9 Å². The molecule has 0 unspecified atom stereocenters. The zero-order valence-corrected chi connectivity index (χ0v) is 9.63. The first-order chi connectivity index (χ1) is 8.26. The number of nitrogens with zero attached hydrogens (tertiary/aromatic N) is 3. The van der Waals surface area contributed by atoms with E-state index < -0.39 is 0 Å². The molecule has 1 heterocycles. The first kappa shape index (κ1) is 11.1. The van der Waals surface area contributed by atoms with Crippen molar-refractivity contribution in [3.63, 3.8) is 0 Å². The smallest absolute Gasteiger partial charge is 0.119 e. The average Bonchev–Trinajstić information content (AvgIpc) is 2.91. The lowest BCUT2D eigenvalue weighted by atomic mass is 10.1. The third-order valence-corrected chi connectivity index (χ3v) is 2.50. The predicted molar refractivity (Wildman–Crippen MR) is 68.9 cm³/mol. The van der Waals surface area contributed by atoms with E-state index >= 15 is 0 Å². The Morgan fingerprint density at radius 3 is 2.88 bits per heavy atom. The Bertz CT molecular complexity index is 544. The van der Waals surface area contributed by atoms with Crippen molar-refractivity contribution >= 4 is 18.1 Å². The van der Waals surface area contributed by atoms with Gasteiger partial charge in [0.1, 0.15) is 5.75 Å². The van der Waals surface area contributed by atoms with E-state index in [0.717, 1.165) is 22.7 Å². The number of ether oxygens (including phenoxy) is 1. The third-order valence-electron chi connectivity index (χ3n) is 2.50. The van der Waals surface area contributed by atoms with Crippen LogP contribution in [0.15, 0.2) is 48.5 Å². The highest BCUT2D eigenvalue weighted by molar-refractivity contribution is 5.75. The van der Waals surface area contributed by atoms with Crippen molar-refractivity contribution < 1.29 is 4.74 Å². The van der Waals surface area contributed by atoms with Crippen LogP contribution in [-0.2, 0) is 0 Å².